The van der Waals surface area contributed by atoms with Gasteiger partial charge in [-0.1, -0.05) is 0 Å². The molecule has 3 N–H and O–H groups in total. The molecule has 0 atom stereocenters. The van der Waals surface area contributed by atoms with E-state index in [0.717, 1.165) is 0 Å². The zero-order valence-corrected chi connectivity index (χ0v) is 6.09. The Morgan fingerprint density at radius 2 is 2.30 bits per heavy atom. The van der Waals surface area contributed by atoms with Gasteiger partial charge in [0.15, 0.2) is 0 Å². The Kier molecular flexibility index (Phi) is 3.95. The van der Waals surface area contributed by atoms with Crippen molar-refractivity contribution in [3.8, 4) is 0 Å². The number of rotatable bonds is 3. The summed E-state index contributed by atoms with van der Waals surface area (Å²) in [5.74, 6) is -0.535. The molecule has 10 heavy (non-hydrogen) atoms. The van der Waals surface area contributed by atoms with Gasteiger partial charge in [0, 0.05) is 19.5 Å². The third-order valence-corrected chi connectivity index (χ3v) is 0.802. The van der Waals surface area contributed by atoms with Gasteiger partial charge in [-0.25, -0.2) is 0 Å². The minimum Gasteiger partial charge on any atom is -0.392 e. The van der Waals surface area contributed by atoms with E-state index < -0.39 is 5.91 Å². The SMILES string of the molecule is CC=N/C(=C\NC)C(N)=O. The summed E-state index contributed by atoms with van der Waals surface area (Å²) in [6.45, 7) is 1.71. The van der Waals surface area contributed by atoms with E-state index in [4.69, 9.17) is 5.73 Å². The lowest BCUT2D eigenvalue weighted by Crippen LogP contribution is -2.14. The molecule has 56 valence electrons. The number of primary amides is 1. The highest BCUT2D eigenvalue weighted by atomic mass is 16.1. The number of hydrogen-bond donors (Lipinski definition) is 2. The van der Waals surface area contributed by atoms with Crippen LogP contribution in [0, 0.1) is 0 Å². The van der Waals surface area contributed by atoms with Crippen molar-refractivity contribution >= 4 is 12.1 Å². The van der Waals surface area contributed by atoms with E-state index >= 15 is 0 Å². The number of amides is 1. The first-order valence-electron chi connectivity index (χ1n) is 2.88. The monoisotopic (exact) mass is 141 g/mol. The zero-order chi connectivity index (χ0) is 7.98. The molecule has 0 heterocycles. The second-order valence-corrected chi connectivity index (χ2v) is 1.57. The highest BCUT2D eigenvalue weighted by molar-refractivity contribution is 5.92. The first kappa shape index (κ1) is 8.68. The number of nitrogens with two attached hydrogens (primary N) is 1. The Balaban J connectivity index is 4.26. The van der Waals surface area contributed by atoms with Gasteiger partial charge in [0.2, 0.25) is 0 Å². The summed E-state index contributed by atoms with van der Waals surface area (Å²) in [5.41, 5.74) is 5.17. The zero-order valence-electron chi connectivity index (χ0n) is 6.09. The number of aliphatic imine (C=N–C) groups is 1. The molecule has 0 radical (unpaired) electrons. The number of carbonyl (C=O) groups is 1. The minimum atomic E-state index is -0.535. The topological polar surface area (TPSA) is 67.5 Å². The van der Waals surface area contributed by atoms with Crippen molar-refractivity contribution in [1.29, 1.82) is 0 Å². The number of nitrogens with one attached hydrogen (secondary N) is 1. The molecule has 4 nitrogen and oxygen atoms in total. The summed E-state index contributed by atoms with van der Waals surface area (Å²) in [6.07, 6.45) is 2.95. The third-order valence-electron chi connectivity index (χ3n) is 0.802. The van der Waals surface area contributed by atoms with Crippen LogP contribution in [0.25, 0.3) is 0 Å². The molecule has 0 aliphatic rings. The molecule has 0 rings (SSSR count). The molecule has 0 aliphatic heterocycles. The predicted molar refractivity (Wildman–Crippen MR) is 40.5 cm³/mol. The Labute approximate surface area is 59.8 Å². The highest BCUT2D eigenvalue weighted by Gasteiger charge is 1.98. The van der Waals surface area contributed by atoms with Crippen molar-refractivity contribution in [3.05, 3.63) is 11.9 Å². The summed E-state index contributed by atoms with van der Waals surface area (Å²) in [4.78, 5) is 14.2. The largest absolute Gasteiger partial charge is 0.392 e. The number of carbonyl (C=O) groups excluding carboxylic acids is 1. The van der Waals surface area contributed by atoms with Crippen LogP contribution in [0.3, 0.4) is 0 Å². The van der Waals surface area contributed by atoms with Crippen LogP contribution in [-0.2, 0) is 4.79 Å². The van der Waals surface area contributed by atoms with Crippen molar-refractivity contribution in [2.75, 3.05) is 7.05 Å². The minimum absolute atomic E-state index is 0.227. The third kappa shape index (κ3) is 2.86. The van der Waals surface area contributed by atoms with Crippen molar-refractivity contribution < 1.29 is 4.79 Å². The normalized spacial score (nSPS) is 12.0. The van der Waals surface area contributed by atoms with E-state index in [1.807, 2.05) is 0 Å². The van der Waals surface area contributed by atoms with Gasteiger partial charge in [-0.15, -0.1) is 0 Å². The van der Waals surface area contributed by atoms with E-state index in [1.54, 1.807) is 14.0 Å². The molecule has 0 fully saturated rings. The molecule has 0 aromatic rings. The van der Waals surface area contributed by atoms with Gasteiger partial charge in [-0.3, -0.25) is 9.79 Å². The van der Waals surface area contributed by atoms with Gasteiger partial charge >= 0.3 is 0 Å². The van der Waals surface area contributed by atoms with E-state index in [1.165, 1.54) is 12.4 Å². The smallest absolute Gasteiger partial charge is 0.268 e. The summed E-state index contributed by atoms with van der Waals surface area (Å²) >= 11 is 0. The van der Waals surface area contributed by atoms with Crippen LogP contribution >= 0.6 is 0 Å². The van der Waals surface area contributed by atoms with Crippen LogP contribution in [0.4, 0.5) is 0 Å². The van der Waals surface area contributed by atoms with Crippen LogP contribution in [0.5, 0.6) is 0 Å². The maximum Gasteiger partial charge on any atom is 0.268 e. The Hall–Kier alpha value is -1.32. The lowest BCUT2D eigenvalue weighted by molar-refractivity contribution is -0.114. The number of nitrogens with zero attached hydrogens (tertiary/aromatic N) is 1. The second-order valence-electron chi connectivity index (χ2n) is 1.57. The molecule has 0 aromatic carbocycles. The molecule has 0 spiro atoms. The van der Waals surface area contributed by atoms with Crippen molar-refractivity contribution in [3.63, 3.8) is 0 Å². The van der Waals surface area contributed by atoms with Gasteiger partial charge in [0.05, 0.1) is 0 Å². The van der Waals surface area contributed by atoms with Crippen LogP contribution in [0.15, 0.2) is 16.9 Å². The van der Waals surface area contributed by atoms with Crippen molar-refractivity contribution in [2.45, 2.75) is 6.92 Å². The van der Waals surface area contributed by atoms with E-state index in [9.17, 15) is 4.79 Å². The van der Waals surface area contributed by atoms with E-state index in [-0.39, 0.29) is 5.70 Å². The molecule has 0 bridgehead atoms. The Morgan fingerprint density at radius 1 is 1.70 bits per heavy atom. The fourth-order valence-corrected chi connectivity index (χ4v) is 0.448. The Morgan fingerprint density at radius 3 is 2.60 bits per heavy atom. The van der Waals surface area contributed by atoms with Gasteiger partial charge in [-0.05, 0) is 6.92 Å². The molecule has 0 unspecified atom stereocenters. The molecule has 0 aliphatic carbocycles. The van der Waals surface area contributed by atoms with Crippen LogP contribution in [0.1, 0.15) is 6.92 Å². The average Bonchev–Trinajstić information content (AvgIpc) is 1.87. The molecule has 1 amide bonds. The average molecular weight is 141 g/mol. The number of hydrogen-bond acceptors (Lipinski definition) is 3. The summed E-state index contributed by atoms with van der Waals surface area (Å²) in [6, 6.07) is 0. The maximum atomic E-state index is 10.5. The molecular weight excluding hydrogens is 130 g/mol. The summed E-state index contributed by atoms with van der Waals surface area (Å²) < 4.78 is 0. The molecular formula is C6H11N3O. The van der Waals surface area contributed by atoms with Gasteiger partial charge < -0.3 is 11.1 Å². The van der Waals surface area contributed by atoms with Crippen LogP contribution in [-0.4, -0.2) is 19.2 Å². The van der Waals surface area contributed by atoms with E-state index in [0.29, 0.717) is 0 Å². The molecule has 0 saturated carbocycles. The summed E-state index contributed by atoms with van der Waals surface area (Å²) in [5, 5.41) is 2.66. The lowest BCUT2D eigenvalue weighted by atomic mass is 10.4. The maximum absolute atomic E-state index is 10.5. The molecule has 0 aromatic heterocycles. The van der Waals surface area contributed by atoms with Gasteiger partial charge in [-0.2, -0.15) is 0 Å². The van der Waals surface area contributed by atoms with Crippen LogP contribution in [0.2, 0.25) is 0 Å². The molecule has 4 heteroatoms. The quantitative estimate of drug-likeness (QED) is 0.415. The summed E-state index contributed by atoms with van der Waals surface area (Å²) in [7, 11) is 1.67. The first-order chi connectivity index (χ1) is 4.72. The van der Waals surface area contributed by atoms with Crippen LogP contribution < -0.4 is 11.1 Å². The second kappa shape index (κ2) is 4.55. The fourth-order valence-electron chi connectivity index (χ4n) is 0.448. The first-order valence-corrected chi connectivity index (χ1v) is 2.88. The van der Waals surface area contributed by atoms with Crippen molar-refractivity contribution in [1.82, 2.24) is 5.32 Å². The highest BCUT2D eigenvalue weighted by Crippen LogP contribution is 1.90. The van der Waals surface area contributed by atoms with Crippen molar-refractivity contribution in [2.24, 2.45) is 10.7 Å². The Bertz CT molecular complexity index is 172. The molecule has 0 saturated heterocycles. The standard InChI is InChI=1S/C6H11N3O/c1-3-9-5(4-8-2)6(7)10/h3-4,8H,1-2H3,(H2,7,10)/b5-4-,9-3?. The van der Waals surface area contributed by atoms with E-state index in [2.05, 4.69) is 10.3 Å². The fraction of sp³-hybridized carbons (Fsp3) is 0.333. The predicted octanol–water partition coefficient (Wildman–Crippen LogP) is -0.377. The van der Waals surface area contributed by atoms with Gasteiger partial charge in [0.1, 0.15) is 5.70 Å². The van der Waals surface area contributed by atoms with Gasteiger partial charge in [0.25, 0.3) is 5.91 Å². The lowest BCUT2D eigenvalue weighted by Gasteiger charge is -1.93.